The van der Waals surface area contributed by atoms with E-state index < -0.39 is 11.0 Å². The predicted molar refractivity (Wildman–Crippen MR) is 99.8 cm³/mol. The normalized spacial score (nSPS) is 17.2. The highest BCUT2D eigenvalue weighted by molar-refractivity contribution is 5.85. The summed E-state index contributed by atoms with van der Waals surface area (Å²) in [7, 11) is 1.69. The summed E-state index contributed by atoms with van der Waals surface area (Å²) >= 11 is 0. The number of amides is 1. The summed E-state index contributed by atoms with van der Waals surface area (Å²) in [5.74, 6) is 0.376. The van der Waals surface area contributed by atoms with Crippen molar-refractivity contribution in [3.05, 3.63) is 27.8 Å². The van der Waals surface area contributed by atoms with Gasteiger partial charge in [0.2, 0.25) is 12.7 Å². The summed E-state index contributed by atoms with van der Waals surface area (Å²) in [6, 6.07) is 4.04. The van der Waals surface area contributed by atoms with Crippen LogP contribution in [0.2, 0.25) is 0 Å². The highest BCUT2D eigenvalue weighted by Gasteiger charge is 2.35. The maximum Gasteiger partial charge on any atom is 0.278 e. The molecule has 1 saturated carbocycles. The lowest BCUT2D eigenvalue weighted by atomic mass is 9.94. The van der Waals surface area contributed by atoms with Crippen LogP contribution in [0.5, 0.6) is 11.5 Å². The van der Waals surface area contributed by atoms with E-state index in [2.05, 4.69) is 11.4 Å². The van der Waals surface area contributed by atoms with E-state index in [0.29, 0.717) is 18.0 Å². The van der Waals surface area contributed by atoms with Gasteiger partial charge >= 0.3 is 0 Å². The number of nitriles is 1. The summed E-state index contributed by atoms with van der Waals surface area (Å²) in [5.41, 5.74) is 0.0415. The van der Waals surface area contributed by atoms with Gasteiger partial charge in [-0.3, -0.25) is 19.8 Å². The lowest BCUT2D eigenvalue weighted by molar-refractivity contribution is -0.385. The Morgan fingerprint density at radius 3 is 2.68 bits per heavy atom. The Hall–Kier alpha value is -2.86. The zero-order chi connectivity index (χ0) is 20.1. The third-order valence-corrected chi connectivity index (χ3v) is 5.23. The quantitative estimate of drug-likeness (QED) is 0.563. The molecule has 9 nitrogen and oxygen atoms in total. The molecule has 1 unspecified atom stereocenters. The van der Waals surface area contributed by atoms with E-state index in [1.165, 1.54) is 12.1 Å². The maximum atomic E-state index is 13.2. The second-order valence-corrected chi connectivity index (χ2v) is 7.16. The first-order chi connectivity index (χ1) is 13.5. The summed E-state index contributed by atoms with van der Waals surface area (Å²) in [4.78, 5) is 26.0. The average Bonchev–Trinajstić information content (AvgIpc) is 3.14. The minimum absolute atomic E-state index is 0.0147. The Kier molecular flexibility index (Phi) is 6.31. The molecule has 1 aromatic carbocycles. The molecule has 0 spiro atoms. The molecule has 2 aliphatic rings. The molecule has 1 aromatic rings. The molecule has 9 heteroatoms. The molecule has 0 radical (unpaired) electrons. The number of hydrogen-bond donors (Lipinski definition) is 1. The summed E-state index contributed by atoms with van der Waals surface area (Å²) in [6.45, 7) is 0.296. The summed E-state index contributed by atoms with van der Waals surface area (Å²) in [5, 5.41) is 23.6. The first-order valence-electron chi connectivity index (χ1n) is 9.46. The number of benzene rings is 1. The van der Waals surface area contributed by atoms with E-state index in [-0.39, 0.29) is 36.4 Å². The number of likely N-dealkylation sites (N-methyl/N-ethyl adjacent to an activating group) is 1. The van der Waals surface area contributed by atoms with Gasteiger partial charge in [-0.25, -0.2) is 0 Å². The van der Waals surface area contributed by atoms with E-state index >= 15 is 0 Å². The van der Waals surface area contributed by atoms with Gasteiger partial charge in [-0.2, -0.15) is 5.26 Å². The zero-order valence-corrected chi connectivity index (χ0v) is 15.8. The molecule has 0 aromatic heterocycles. The molecular formula is C19H24N4O5. The molecule has 150 valence electrons. The SMILES string of the molecule is CN(CCC#N)C(C(=O)NC1CCCCC1)c1cc2c(cc1[N+](=O)[O-])OCO2. The largest absolute Gasteiger partial charge is 0.454 e. The van der Waals surface area contributed by atoms with Gasteiger partial charge in [-0.05, 0) is 26.0 Å². The van der Waals surface area contributed by atoms with Crippen molar-refractivity contribution in [3.63, 3.8) is 0 Å². The van der Waals surface area contributed by atoms with Crippen molar-refractivity contribution < 1.29 is 19.2 Å². The second kappa shape index (κ2) is 8.89. The fourth-order valence-corrected chi connectivity index (χ4v) is 3.79. The van der Waals surface area contributed by atoms with Crippen LogP contribution in [0.25, 0.3) is 0 Å². The molecular weight excluding hydrogens is 364 g/mol. The van der Waals surface area contributed by atoms with Gasteiger partial charge in [0.25, 0.3) is 5.69 Å². The summed E-state index contributed by atoms with van der Waals surface area (Å²) < 4.78 is 10.6. The number of ether oxygens (including phenoxy) is 2. The van der Waals surface area contributed by atoms with E-state index in [1.807, 2.05) is 0 Å². The van der Waals surface area contributed by atoms with Crippen LogP contribution in [0.3, 0.4) is 0 Å². The molecule has 1 aliphatic heterocycles. The topological polar surface area (TPSA) is 118 Å². The Balaban J connectivity index is 1.95. The third kappa shape index (κ3) is 4.34. The lowest BCUT2D eigenvalue weighted by Crippen LogP contribution is -2.44. The Morgan fingerprint density at radius 1 is 1.36 bits per heavy atom. The van der Waals surface area contributed by atoms with E-state index in [1.54, 1.807) is 11.9 Å². The number of carbonyl (C=O) groups is 1. The lowest BCUT2D eigenvalue weighted by Gasteiger charge is -2.30. The molecule has 1 N–H and O–H groups in total. The standard InChI is InChI=1S/C19H24N4O5/c1-22(9-5-8-20)18(19(24)21-13-6-3-2-4-7-13)14-10-16-17(28-12-27-16)11-15(14)23(25)26/h10-11,13,18H,2-7,9,12H2,1H3,(H,21,24). The van der Waals surface area contributed by atoms with Crippen molar-refractivity contribution in [3.8, 4) is 17.6 Å². The Bertz CT molecular complexity index is 785. The number of carbonyl (C=O) groups excluding carboxylic acids is 1. The molecule has 28 heavy (non-hydrogen) atoms. The van der Waals surface area contributed by atoms with Crippen LogP contribution in [0.15, 0.2) is 12.1 Å². The van der Waals surface area contributed by atoms with Gasteiger partial charge in [0.15, 0.2) is 11.5 Å². The van der Waals surface area contributed by atoms with Gasteiger partial charge in [0, 0.05) is 19.0 Å². The van der Waals surface area contributed by atoms with Crippen molar-refractivity contribution in [2.24, 2.45) is 0 Å². The molecule has 1 heterocycles. The molecule has 1 aliphatic carbocycles. The number of hydrogen-bond acceptors (Lipinski definition) is 7. The molecule has 1 fully saturated rings. The highest BCUT2D eigenvalue weighted by atomic mass is 16.7. The molecule has 3 rings (SSSR count). The van der Waals surface area contributed by atoms with Crippen molar-refractivity contribution in [2.45, 2.75) is 50.6 Å². The van der Waals surface area contributed by atoms with Crippen LogP contribution >= 0.6 is 0 Å². The number of rotatable bonds is 7. The molecule has 1 amide bonds. The number of fused-ring (bicyclic) bond motifs is 1. The number of nitro groups is 1. The van der Waals surface area contributed by atoms with Crippen LogP contribution in [0.4, 0.5) is 5.69 Å². The minimum Gasteiger partial charge on any atom is -0.454 e. The van der Waals surface area contributed by atoms with Crippen LogP contribution in [-0.2, 0) is 4.79 Å². The van der Waals surface area contributed by atoms with E-state index in [0.717, 1.165) is 32.1 Å². The fraction of sp³-hybridized carbons (Fsp3) is 0.579. The zero-order valence-electron chi connectivity index (χ0n) is 15.8. The van der Waals surface area contributed by atoms with E-state index in [4.69, 9.17) is 14.7 Å². The molecule has 0 bridgehead atoms. The van der Waals surface area contributed by atoms with Gasteiger partial charge in [-0.1, -0.05) is 19.3 Å². The third-order valence-electron chi connectivity index (χ3n) is 5.23. The Morgan fingerprint density at radius 2 is 2.04 bits per heavy atom. The molecule has 1 atom stereocenters. The number of nitrogens with one attached hydrogen (secondary N) is 1. The van der Waals surface area contributed by atoms with Crippen LogP contribution < -0.4 is 14.8 Å². The van der Waals surface area contributed by atoms with Gasteiger partial charge in [0.1, 0.15) is 6.04 Å². The van der Waals surface area contributed by atoms with Crippen molar-refractivity contribution >= 4 is 11.6 Å². The average molecular weight is 388 g/mol. The van der Waals surface area contributed by atoms with E-state index in [9.17, 15) is 14.9 Å². The Labute approximate surface area is 163 Å². The van der Waals surface area contributed by atoms with Crippen molar-refractivity contribution in [2.75, 3.05) is 20.4 Å². The molecule has 0 saturated heterocycles. The van der Waals surface area contributed by atoms with Crippen molar-refractivity contribution in [1.29, 1.82) is 5.26 Å². The van der Waals surface area contributed by atoms with Crippen molar-refractivity contribution in [1.82, 2.24) is 10.2 Å². The maximum absolute atomic E-state index is 13.2. The predicted octanol–water partition coefficient (Wildman–Crippen LogP) is 2.66. The second-order valence-electron chi connectivity index (χ2n) is 7.16. The highest BCUT2D eigenvalue weighted by Crippen LogP contribution is 2.41. The van der Waals surface area contributed by atoms with Gasteiger partial charge in [0.05, 0.1) is 22.6 Å². The monoisotopic (exact) mass is 388 g/mol. The van der Waals surface area contributed by atoms with Crippen LogP contribution in [0.1, 0.15) is 50.1 Å². The smallest absolute Gasteiger partial charge is 0.278 e. The minimum atomic E-state index is -0.898. The van der Waals surface area contributed by atoms with Crippen LogP contribution in [-0.4, -0.2) is 42.2 Å². The number of nitrogens with zero attached hydrogens (tertiary/aromatic N) is 3. The van der Waals surface area contributed by atoms with Crippen LogP contribution in [0, 0.1) is 21.4 Å². The van der Waals surface area contributed by atoms with Gasteiger partial charge < -0.3 is 14.8 Å². The first kappa shape index (κ1) is 19.9. The number of nitro benzene ring substituents is 1. The first-order valence-corrected chi connectivity index (χ1v) is 9.46. The fourth-order valence-electron chi connectivity index (χ4n) is 3.79. The van der Waals surface area contributed by atoms with Gasteiger partial charge in [-0.15, -0.1) is 0 Å². The summed E-state index contributed by atoms with van der Waals surface area (Å²) in [6.07, 6.45) is 5.30.